The van der Waals surface area contributed by atoms with Gasteiger partial charge in [0.25, 0.3) is 0 Å². The van der Waals surface area contributed by atoms with E-state index in [1.54, 1.807) is 12.4 Å². The number of thiophene rings is 2. The van der Waals surface area contributed by atoms with Crippen LogP contribution in [0.4, 0.5) is 0 Å². The molecule has 0 amide bonds. The molecule has 4 radical (unpaired) electrons. The SMILES string of the molecule is Cc1ccc(-c2[c-]ccc3c2oc2ccccc23)nc1.Cc1ccc2[n+](c1)Cc1ccccc1-2.Cc1ccnc(-c2[c-]cc3sc4ccccc4c3c2)c1.[Ir].[Ir].[Ir].[Ir].[c-]1cc2sc3ccccc3c2cc1-c1ccccn1.[c-]1ccc2c(oc3ccccc32)c1-c1ccccn1.[c-]1ccccc1-c1ccccn1. The van der Waals surface area contributed by atoms with Crippen LogP contribution in [0.2, 0.25) is 0 Å². The molecule has 20 aromatic rings. The van der Waals surface area contributed by atoms with Gasteiger partial charge in [-0.3, -0.25) is 0 Å². The van der Waals surface area contributed by atoms with E-state index in [-0.39, 0.29) is 80.4 Å². The van der Waals surface area contributed by atoms with E-state index in [9.17, 15) is 0 Å². The average molecular weight is 2140 g/mol. The van der Waals surface area contributed by atoms with Crippen LogP contribution in [-0.4, -0.2) is 24.9 Å². The van der Waals surface area contributed by atoms with Gasteiger partial charge in [0.1, 0.15) is 11.2 Å². The molecule has 1 aliphatic heterocycles. The number of benzene rings is 10. The zero-order chi connectivity index (χ0) is 70.1. The minimum absolute atomic E-state index is 0. The van der Waals surface area contributed by atoms with Gasteiger partial charge >= 0.3 is 0 Å². The van der Waals surface area contributed by atoms with Gasteiger partial charge in [0.2, 0.25) is 5.69 Å². The average Bonchev–Trinajstić information content (AvgIpc) is 1.49. The van der Waals surface area contributed by atoms with Crippen LogP contribution in [0.15, 0.2) is 331 Å². The van der Waals surface area contributed by atoms with E-state index < -0.39 is 0 Å². The fraction of sp³-hybridized carbons (Fsp3) is 0.0426. The van der Waals surface area contributed by atoms with Gasteiger partial charge in [-0.2, -0.15) is 27.2 Å². The van der Waals surface area contributed by atoms with Gasteiger partial charge in [-0.1, -0.05) is 184 Å². The molecule has 8 nitrogen and oxygen atoms in total. The van der Waals surface area contributed by atoms with Crippen LogP contribution in [0.5, 0.6) is 0 Å². The summed E-state index contributed by atoms with van der Waals surface area (Å²) in [6.07, 6.45) is 11.3. The van der Waals surface area contributed by atoms with Crippen molar-refractivity contribution in [3.8, 4) is 67.5 Å². The molecule has 0 unspecified atom stereocenters. The summed E-state index contributed by atoms with van der Waals surface area (Å²) >= 11 is 3.63. The molecule has 0 saturated carbocycles. The molecule has 0 fully saturated rings. The summed E-state index contributed by atoms with van der Waals surface area (Å²) < 4.78 is 19.5. The van der Waals surface area contributed by atoms with Crippen molar-refractivity contribution in [3.05, 3.63) is 375 Å². The minimum Gasteiger partial charge on any atom is -0.501 e. The van der Waals surface area contributed by atoms with Crippen molar-refractivity contribution in [2.75, 3.05) is 0 Å². The summed E-state index contributed by atoms with van der Waals surface area (Å²) in [5.74, 6) is 0. The summed E-state index contributed by atoms with van der Waals surface area (Å²) in [6, 6.07) is 113. The predicted octanol–water partition coefficient (Wildman–Crippen LogP) is 24.2. The Bertz CT molecular complexity index is 6350. The Morgan fingerprint density at radius 1 is 0.333 bits per heavy atom. The van der Waals surface area contributed by atoms with Gasteiger partial charge in [-0.15, -0.1) is 120 Å². The van der Waals surface area contributed by atoms with Crippen molar-refractivity contribution >= 4 is 107 Å². The summed E-state index contributed by atoms with van der Waals surface area (Å²) in [5, 5.41) is 9.69. The van der Waals surface area contributed by atoms with Crippen molar-refractivity contribution in [1.82, 2.24) is 24.9 Å². The third-order valence-electron chi connectivity index (χ3n) is 18.0. The van der Waals surface area contributed by atoms with E-state index in [1.165, 1.54) is 68.3 Å². The summed E-state index contributed by atoms with van der Waals surface area (Å²) in [5.41, 5.74) is 21.0. The molecule has 14 heteroatoms. The molecule has 0 bridgehead atoms. The largest absolute Gasteiger partial charge is 0.501 e. The molecule has 11 heterocycles. The molecular weight excluding hydrogens is 2080 g/mol. The smallest absolute Gasteiger partial charge is 0.213 e. The Balaban J connectivity index is 0.000000121. The zero-order valence-corrected chi connectivity index (χ0v) is 69.7. The Hall–Kier alpha value is -10.3. The number of rotatable bonds is 5. The molecule has 10 aromatic carbocycles. The van der Waals surface area contributed by atoms with Crippen molar-refractivity contribution < 1.29 is 93.8 Å². The molecule has 10 aromatic heterocycles. The number of pyridine rings is 6. The second-order valence-corrected chi connectivity index (χ2v) is 27.2. The van der Waals surface area contributed by atoms with Gasteiger partial charge in [0.05, 0.1) is 16.7 Å². The van der Waals surface area contributed by atoms with Crippen molar-refractivity contribution in [1.29, 1.82) is 0 Å². The number of furan rings is 2. The van der Waals surface area contributed by atoms with Crippen LogP contribution < -0.4 is 4.57 Å². The van der Waals surface area contributed by atoms with Crippen LogP contribution in [0.3, 0.4) is 0 Å². The normalized spacial score (nSPS) is 10.8. The van der Waals surface area contributed by atoms with Crippen LogP contribution in [-0.2, 0) is 87.0 Å². The fourth-order valence-electron chi connectivity index (χ4n) is 12.9. The van der Waals surface area contributed by atoms with E-state index in [4.69, 9.17) is 8.83 Å². The number of aromatic nitrogens is 6. The Morgan fingerprint density at radius 2 is 0.824 bits per heavy atom. The number of para-hydroxylation sites is 2. The molecule has 1 aliphatic rings. The first-order chi connectivity index (χ1) is 51.3. The van der Waals surface area contributed by atoms with E-state index in [0.29, 0.717) is 0 Å². The number of aryl methyl sites for hydroxylation is 3. The van der Waals surface area contributed by atoms with Gasteiger partial charge in [0.15, 0.2) is 12.7 Å². The van der Waals surface area contributed by atoms with Gasteiger partial charge < -0.3 is 33.8 Å². The molecule has 0 N–H and O–H groups in total. The monoisotopic (exact) mass is 2140 g/mol. The zero-order valence-electron chi connectivity index (χ0n) is 58.5. The second-order valence-electron chi connectivity index (χ2n) is 25.1. The molecule has 0 aliphatic carbocycles. The topological polar surface area (TPSA) is 94.6 Å². The summed E-state index contributed by atoms with van der Waals surface area (Å²) in [7, 11) is 0. The first-order valence-corrected chi connectivity index (χ1v) is 35.9. The third kappa shape index (κ3) is 17.2. The van der Waals surface area contributed by atoms with E-state index in [0.717, 1.165) is 112 Å². The molecule has 0 atom stereocenters. The third-order valence-corrected chi connectivity index (χ3v) is 20.2. The summed E-state index contributed by atoms with van der Waals surface area (Å²) in [6.45, 7) is 7.27. The van der Waals surface area contributed by atoms with Crippen molar-refractivity contribution in [2.24, 2.45) is 0 Å². The maximum atomic E-state index is 6.00. The standard InChI is InChI=1S/C18H12NO.C18H12NS.C17H10NO.C17H10NS.C13H12N.C11H8N.4Ir/c1-12-9-10-16(19-11-12)15-7-4-6-14-13-5-2-3-8-17(13)20-18(14)15;1-12-8-9-19-16(10-12)13-6-7-18-15(11-13)14-4-2-3-5-17(14)20-18;1-2-10-16-12(6-1)13-7-5-8-14(17(13)19-16)15-9-3-4-11-18-15;1-2-7-16-13(5-1)14-11-12(8-9-17(14)19-16)15-6-3-4-10-18-15;1-10-6-7-13-12-5-3-2-4-11(12)9-14(13)8-10;1-2-6-10(7-3-1)11-8-4-5-9-12-11;;;;/h2-6,8-11H,1H3;2-5,7-11H,1H3;2*1-7,9-11H;2-8H,9H2,1H3;1-6,8-9H;;;;/q4*-1;+1;-1;;;;. The minimum atomic E-state index is 0. The Kier molecular flexibility index (Phi) is 25.9. The molecule has 0 spiro atoms. The maximum Gasteiger partial charge on any atom is 0.213 e. The van der Waals surface area contributed by atoms with Crippen LogP contribution in [0, 0.1) is 51.1 Å². The Labute approximate surface area is 688 Å². The number of nitrogens with zero attached hydrogens (tertiary/aromatic N) is 6. The molecule has 0 saturated heterocycles. The quantitative estimate of drug-likeness (QED) is 0.125. The van der Waals surface area contributed by atoms with E-state index >= 15 is 0 Å². The number of fused-ring (bicyclic) bond motifs is 15. The first kappa shape index (κ1) is 77.4. The first-order valence-electron chi connectivity index (χ1n) is 34.3. The second kappa shape index (κ2) is 36.1. The fourth-order valence-corrected chi connectivity index (χ4v) is 15.1. The molecular formula is C94H64Ir4N6O2S2-4. The van der Waals surface area contributed by atoms with Gasteiger partial charge in [-0.25, -0.2) is 0 Å². The van der Waals surface area contributed by atoms with Crippen molar-refractivity contribution in [2.45, 2.75) is 27.3 Å². The maximum absolute atomic E-state index is 6.00. The van der Waals surface area contributed by atoms with E-state index in [1.807, 2.05) is 200 Å². The Morgan fingerprint density at radius 3 is 1.37 bits per heavy atom. The van der Waals surface area contributed by atoms with Crippen molar-refractivity contribution in [3.63, 3.8) is 0 Å². The molecule has 21 rings (SSSR count). The molecule has 108 heavy (non-hydrogen) atoms. The van der Waals surface area contributed by atoms with Crippen LogP contribution >= 0.6 is 22.7 Å². The van der Waals surface area contributed by atoms with Gasteiger partial charge in [0, 0.05) is 149 Å². The number of hydrogen-bond donors (Lipinski definition) is 0. The van der Waals surface area contributed by atoms with Gasteiger partial charge in [-0.05, 0) is 136 Å². The summed E-state index contributed by atoms with van der Waals surface area (Å²) in [4.78, 5) is 21.9. The van der Waals surface area contributed by atoms with Crippen LogP contribution in [0.25, 0.3) is 152 Å². The predicted molar refractivity (Wildman–Crippen MR) is 428 cm³/mol. The molecule has 534 valence electrons. The van der Waals surface area contributed by atoms with E-state index in [2.05, 4.69) is 213 Å². The number of hydrogen-bond acceptors (Lipinski definition) is 9. The van der Waals surface area contributed by atoms with Crippen LogP contribution in [0.1, 0.15) is 22.3 Å².